The topological polar surface area (TPSA) is 81.8 Å². The highest BCUT2D eigenvalue weighted by Crippen LogP contribution is 2.18. The lowest BCUT2D eigenvalue weighted by Gasteiger charge is -2.30. The first-order chi connectivity index (χ1) is 12.5. The summed E-state index contributed by atoms with van der Waals surface area (Å²) >= 11 is 0. The van der Waals surface area contributed by atoms with Crippen LogP contribution in [0.4, 0.5) is 4.79 Å². The monoisotopic (exact) mass is 358 g/mol. The number of urea groups is 1. The van der Waals surface area contributed by atoms with E-state index in [9.17, 15) is 14.4 Å². The van der Waals surface area contributed by atoms with Gasteiger partial charge in [0.1, 0.15) is 6.54 Å². The van der Waals surface area contributed by atoms with Crippen molar-refractivity contribution < 1.29 is 14.4 Å². The molecule has 0 spiro atoms. The lowest BCUT2D eigenvalue weighted by atomic mass is 9.99. The summed E-state index contributed by atoms with van der Waals surface area (Å²) in [7, 11) is 0. The number of piperidine rings is 1. The second-order valence-electron chi connectivity index (χ2n) is 7.19. The molecule has 2 aliphatic rings. The van der Waals surface area contributed by atoms with Crippen LogP contribution in [0.2, 0.25) is 0 Å². The normalized spacial score (nSPS) is 18.9. The number of carbonyl (C=O) groups excluding carboxylic acids is 3. The third-order valence-corrected chi connectivity index (χ3v) is 5.03. The summed E-state index contributed by atoms with van der Waals surface area (Å²) in [5, 5.41) is 5.14. The fraction of sp³-hybridized carbons (Fsp3) is 0.526. The molecular formula is C19H26N4O3. The van der Waals surface area contributed by atoms with Crippen LogP contribution in [0.5, 0.6) is 0 Å². The molecule has 0 unspecified atom stereocenters. The summed E-state index contributed by atoms with van der Waals surface area (Å²) in [5.41, 5.74) is 2.26. The molecule has 0 radical (unpaired) electrons. The minimum absolute atomic E-state index is 0.0382. The van der Waals surface area contributed by atoms with Crippen molar-refractivity contribution in [3.8, 4) is 0 Å². The van der Waals surface area contributed by atoms with Crippen LogP contribution in [-0.4, -0.2) is 53.8 Å². The average Bonchev–Trinajstić information content (AvgIpc) is 2.95. The van der Waals surface area contributed by atoms with E-state index in [1.54, 1.807) is 0 Å². The van der Waals surface area contributed by atoms with Crippen molar-refractivity contribution in [1.82, 2.24) is 20.4 Å². The summed E-state index contributed by atoms with van der Waals surface area (Å²) in [4.78, 5) is 38.2. The Morgan fingerprint density at radius 2 is 1.81 bits per heavy atom. The molecule has 0 aromatic heterocycles. The van der Waals surface area contributed by atoms with E-state index in [4.69, 9.17) is 0 Å². The van der Waals surface area contributed by atoms with E-state index in [1.165, 1.54) is 18.4 Å². The largest absolute Gasteiger partial charge is 0.350 e. The van der Waals surface area contributed by atoms with E-state index in [0.29, 0.717) is 6.54 Å². The zero-order chi connectivity index (χ0) is 18.5. The zero-order valence-corrected chi connectivity index (χ0v) is 15.2. The summed E-state index contributed by atoms with van der Waals surface area (Å²) < 4.78 is 0. The predicted octanol–water partition coefficient (Wildman–Crippen LogP) is 1.09. The Morgan fingerprint density at radius 3 is 2.42 bits per heavy atom. The van der Waals surface area contributed by atoms with Crippen molar-refractivity contribution in [2.24, 2.45) is 5.92 Å². The molecule has 2 N–H and O–H groups in total. The van der Waals surface area contributed by atoms with Gasteiger partial charge in [0.05, 0.1) is 6.54 Å². The highest BCUT2D eigenvalue weighted by molar-refractivity contribution is 6.04. The summed E-state index contributed by atoms with van der Waals surface area (Å²) in [6.07, 6.45) is 2.53. The maximum absolute atomic E-state index is 11.9. The van der Waals surface area contributed by atoms with Crippen LogP contribution in [-0.2, 0) is 22.7 Å². The number of amides is 4. The highest BCUT2D eigenvalue weighted by atomic mass is 16.2. The Kier molecular flexibility index (Phi) is 5.88. The van der Waals surface area contributed by atoms with Gasteiger partial charge < -0.3 is 10.6 Å². The number of likely N-dealkylation sites (tertiary alicyclic amines) is 1. The van der Waals surface area contributed by atoms with E-state index < -0.39 is 6.03 Å². The van der Waals surface area contributed by atoms with Gasteiger partial charge in [-0.05, 0) is 43.0 Å². The fourth-order valence-corrected chi connectivity index (χ4v) is 3.26. The van der Waals surface area contributed by atoms with Crippen molar-refractivity contribution in [3.05, 3.63) is 35.4 Å². The molecule has 7 heteroatoms. The number of imide groups is 1. The minimum atomic E-state index is -0.512. The first-order valence-electron chi connectivity index (χ1n) is 9.16. The highest BCUT2D eigenvalue weighted by Gasteiger charge is 2.29. The third kappa shape index (κ3) is 4.82. The number of carbonyl (C=O) groups is 3. The molecule has 0 atom stereocenters. The van der Waals surface area contributed by atoms with Crippen molar-refractivity contribution in [3.63, 3.8) is 0 Å². The number of hydrogen-bond acceptors (Lipinski definition) is 4. The Morgan fingerprint density at radius 1 is 1.15 bits per heavy atom. The quantitative estimate of drug-likeness (QED) is 0.746. The summed E-state index contributed by atoms with van der Waals surface area (Å²) in [5.74, 6) is 0.114. The van der Waals surface area contributed by atoms with Gasteiger partial charge in [0, 0.05) is 13.1 Å². The van der Waals surface area contributed by atoms with Crippen LogP contribution in [0.3, 0.4) is 0 Å². The summed E-state index contributed by atoms with van der Waals surface area (Å²) in [6.45, 7) is 5.69. The molecule has 1 aromatic carbocycles. The average molecular weight is 358 g/mol. The Hall–Kier alpha value is -2.41. The van der Waals surface area contributed by atoms with Gasteiger partial charge in [-0.3, -0.25) is 19.4 Å². The van der Waals surface area contributed by atoms with Crippen LogP contribution in [0.25, 0.3) is 0 Å². The number of rotatable bonds is 6. The van der Waals surface area contributed by atoms with Crippen LogP contribution < -0.4 is 10.6 Å². The predicted molar refractivity (Wildman–Crippen MR) is 97.1 cm³/mol. The molecule has 2 fully saturated rings. The maximum Gasteiger partial charge on any atom is 0.325 e. The van der Waals surface area contributed by atoms with Crippen molar-refractivity contribution in [2.45, 2.75) is 32.9 Å². The van der Waals surface area contributed by atoms with Crippen LogP contribution >= 0.6 is 0 Å². The molecule has 2 saturated heterocycles. The second kappa shape index (κ2) is 8.31. The molecule has 2 heterocycles. The molecule has 26 heavy (non-hydrogen) atoms. The molecule has 0 aliphatic carbocycles. The number of nitrogens with one attached hydrogen (secondary N) is 2. The van der Waals surface area contributed by atoms with Gasteiger partial charge in [-0.1, -0.05) is 31.2 Å². The van der Waals surface area contributed by atoms with E-state index in [0.717, 1.165) is 36.0 Å². The molecule has 4 amide bonds. The van der Waals surface area contributed by atoms with Crippen molar-refractivity contribution in [1.29, 1.82) is 0 Å². The van der Waals surface area contributed by atoms with Crippen molar-refractivity contribution in [2.75, 3.05) is 26.2 Å². The number of hydrogen-bond donors (Lipinski definition) is 2. The lowest BCUT2D eigenvalue weighted by molar-refractivity contribution is -0.130. The van der Waals surface area contributed by atoms with Gasteiger partial charge in [0.25, 0.3) is 5.91 Å². The molecule has 2 aliphatic heterocycles. The SMILES string of the molecule is CC1CCN(Cc2ccc(CNC(=O)CN3C(=O)CNC3=O)cc2)CC1. The molecule has 3 rings (SSSR count). The van der Waals surface area contributed by atoms with Crippen LogP contribution in [0, 0.1) is 5.92 Å². The molecular weight excluding hydrogens is 332 g/mol. The van der Waals surface area contributed by atoms with Gasteiger partial charge in [0.15, 0.2) is 0 Å². The Bertz CT molecular complexity index is 650. The van der Waals surface area contributed by atoms with Gasteiger partial charge in [-0.15, -0.1) is 0 Å². The molecule has 7 nitrogen and oxygen atoms in total. The lowest BCUT2D eigenvalue weighted by Crippen LogP contribution is -2.40. The number of benzene rings is 1. The van der Waals surface area contributed by atoms with E-state index in [-0.39, 0.29) is 24.9 Å². The van der Waals surface area contributed by atoms with Gasteiger partial charge >= 0.3 is 6.03 Å². The zero-order valence-electron chi connectivity index (χ0n) is 15.2. The smallest absolute Gasteiger partial charge is 0.325 e. The molecule has 1 aromatic rings. The van der Waals surface area contributed by atoms with Gasteiger partial charge in [-0.25, -0.2) is 4.79 Å². The minimum Gasteiger partial charge on any atom is -0.350 e. The maximum atomic E-state index is 11.9. The van der Waals surface area contributed by atoms with E-state index >= 15 is 0 Å². The van der Waals surface area contributed by atoms with Gasteiger partial charge in [-0.2, -0.15) is 0 Å². The Balaban J connectivity index is 1.43. The fourth-order valence-electron chi connectivity index (χ4n) is 3.26. The van der Waals surface area contributed by atoms with Crippen molar-refractivity contribution >= 4 is 17.8 Å². The van der Waals surface area contributed by atoms with Crippen LogP contribution in [0.15, 0.2) is 24.3 Å². The summed E-state index contributed by atoms with van der Waals surface area (Å²) in [6, 6.07) is 7.70. The number of nitrogens with zero attached hydrogens (tertiary/aromatic N) is 2. The molecule has 0 saturated carbocycles. The molecule has 0 bridgehead atoms. The van der Waals surface area contributed by atoms with E-state index in [1.807, 2.05) is 12.1 Å². The standard InChI is InChI=1S/C19H26N4O3/c1-14-6-8-22(9-7-14)12-16-4-2-15(3-5-16)10-20-17(24)13-23-18(25)11-21-19(23)26/h2-5,14H,6-13H2,1H3,(H,20,24)(H,21,26). The second-order valence-corrected chi connectivity index (χ2v) is 7.19. The van der Waals surface area contributed by atoms with Gasteiger partial charge in [0.2, 0.25) is 5.91 Å². The third-order valence-electron chi connectivity index (χ3n) is 5.03. The van der Waals surface area contributed by atoms with E-state index in [2.05, 4.69) is 34.6 Å². The molecule has 140 valence electrons. The Labute approximate surface area is 153 Å². The first kappa shape index (κ1) is 18.4. The first-order valence-corrected chi connectivity index (χ1v) is 9.16. The van der Waals surface area contributed by atoms with Crippen LogP contribution in [0.1, 0.15) is 30.9 Å².